The summed E-state index contributed by atoms with van der Waals surface area (Å²) in [5.74, 6) is -0.397. The second-order valence-electron chi connectivity index (χ2n) is 6.87. The first-order chi connectivity index (χ1) is 14.0. The van der Waals surface area contributed by atoms with Crippen molar-refractivity contribution in [1.82, 2.24) is 20.4 Å². The molecule has 150 valence electrons. The Morgan fingerprint density at radius 3 is 2.31 bits per heavy atom. The summed E-state index contributed by atoms with van der Waals surface area (Å²) < 4.78 is 1.62. The van der Waals surface area contributed by atoms with Gasteiger partial charge in [0.25, 0.3) is 5.91 Å². The van der Waals surface area contributed by atoms with E-state index in [1.54, 1.807) is 22.9 Å². The third-order valence-electron chi connectivity index (χ3n) is 4.32. The van der Waals surface area contributed by atoms with Gasteiger partial charge in [-0.1, -0.05) is 55.8 Å². The van der Waals surface area contributed by atoms with Gasteiger partial charge in [0.2, 0.25) is 5.91 Å². The number of rotatable bonds is 7. The predicted molar refractivity (Wildman–Crippen MR) is 114 cm³/mol. The van der Waals surface area contributed by atoms with Gasteiger partial charge in [-0.15, -0.1) is 0 Å². The molecular formula is C22H23ClN4O2. The van der Waals surface area contributed by atoms with Gasteiger partial charge in [-0.25, -0.2) is 4.68 Å². The zero-order valence-corrected chi connectivity index (χ0v) is 17.1. The summed E-state index contributed by atoms with van der Waals surface area (Å²) in [4.78, 5) is 24.4. The van der Waals surface area contributed by atoms with E-state index < -0.39 is 0 Å². The summed E-state index contributed by atoms with van der Waals surface area (Å²) in [5, 5.41) is 10.9. The lowest BCUT2D eigenvalue weighted by Crippen LogP contribution is -2.36. The van der Waals surface area contributed by atoms with Crippen LogP contribution in [0.5, 0.6) is 0 Å². The Hall–Kier alpha value is -3.12. The zero-order valence-electron chi connectivity index (χ0n) is 16.4. The first kappa shape index (κ1) is 20.6. The molecule has 0 aliphatic rings. The number of halogens is 1. The molecule has 1 aromatic heterocycles. The van der Waals surface area contributed by atoms with Crippen molar-refractivity contribution in [2.24, 2.45) is 5.92 Å². The van der Waals surface area contributed by atoms with Gasteiger partial charge in [0.1, 0.15) is 5.69 Å². The average molecular weight is 411 g/mol. The Kier molecular flexibility index (Phi) is 6.67. The molecule has 2 aromatic carbocycles. The molecule has 3 rings (SSSR count). The van der Waals surface area contributed by atoms with Crippen LogP contribution in [0.3, 0.4) is 0 Å². The minimum atomic E-state index is -0.264. The maximum Gasteiger partial charge on any atom is 0.270 e. The minimum Gasteiger partial charge on any atom is -0.354 e. The third kappa shape index (κ3) is 5.23. The molecule has 0 fully saturated rings. The van der Waals surface area contributed by atoms with Gasteiger partial charge < -0.3 is 10.6 Å². The summed E-state index contributed by atoms with van der Waals surface area (Å²) in [6, 6.07) is 18.5. The van der Waals surface area contributed by atoms with E-state index in [1.807, 2.05) is 56.3 Å². The molecule has 2 N–H and O–H groups in total. The van der Waals surface area contributed by atoms with Crippen LogP contribution in [-0.2, 0) is 4.79 Å². The molecule has 0 spiro atoms. The summed E-state index contributed by atoms with van der Waals surface area (Å²) in [6.07, 6.45) is 0. The van der Waals surface area contributed by atoms with Crippen LogP contribution < -0.4 is 10.6 Å². The Bertz CT molecular complexity index is 982. The van der Waals surface area contributed by atoms with E-state index in [-0.39, 0.29) is 17.7 Å². The maximum absolute atomic E-state index is 12.8. The highest BCUT2D eigenvalue weighted by Crippen LogP contribution is 2.23. The predicted octanol–water partition coefficient (Wildman–Crippen LogP) is 3.69. The van der Waals surface area contributed by atoms with Crippen molar-refractivity contribution in [2.75, 3.05) is 13.1 Å². The van der Waals surface area contributed by atoms with Crippen LogP contribution in [-0.4, -0.2) is 34.7 Å². The topological polar surface area (TPSA) is 76.0 Å². The van der Waals surface area contributed by atoms with Gasteiger partial charge in [-0.05, 0) is 30.3 Å². The first-order valence-electron chi connectivity index (χ1n) is 9.43. The standard InChI is InChI=1S/C22H23ClN4O2/c1-15(2)21(28)24-12-13-25-22(29)20-14-19(16-8-10-17(23)11-9-16)26-27(20)18-6-4-3-5-7-18/h3-11,14-15H,12-13H2,1-2H3,(H,24,28)(H,25,29). The molecule has 6 nitrogen and oxygen atoms in total. The lowest BCUT2D eigenvalue weighted by Gasteiger charge is -2.10. The fraction of sp³-hybridized carbons (Fsp3) is 0.227. The highest BCUT2D eigenvalue weighted by atomic mass is 35.5. The number of para-hydroxylation sites is 1. The average Bonchev–Trinajstić information content (AvgIpc) is 3.17. The Morgan fingerprint density at radius 2 is 1.66 bits per heavy atom. The molecule has 3 aromatic rings. The monoisotopic (exact) mass is 410 g/mol. The molecule has 0 saturated heterocycles. The molecule has 2 amide bonds. The molecule has 1 heterocycles. The molecule has 0 radical (unpaired) electrons. The van der Waals surface area contributed by atoms with Crippen LogP contribution in [0.1, 0.15) is 24.3 Å². The zero-order chi connectivity index (χ0) is 20.8. The summed E-state index contributed by atoms with van der Waals surface area (Å²) >= 11 is 5.97. The molecule has 0 saturated carbocycles. The van der Waals surface area contributed by atoms with Gasteiger partial charge in [0, 0.05) is 29.6 Å². The maximum atomic E-state index is 12.8. The van der Waals surface area contributed by atoms with Crippen LogP contribution >= 0.6 is 11.6 Å². The van der Waals surface area contributed by atoms with Crippen molar-refractivity contribution in [3.63, 3.8) is 0 Å². The van der Waals surface area contributed by atoms with Gasteiger partial charge in [0.05, 0.1) is 11.4 Å². The lowest BCUT2D eigenvalue weighted by molar-refractivity contribution is -0.123. The number of nitrogens with one attached hydrogen (secondary N) is 2. The van der Waals surface area contributed by atoms with Crippen LogP contribution in [0.4, 0.5) is 0 Å². The van der Waals surface area contributed by atoms with E-state index in [2.05, 4.69) is 15.7 Å². The van der Waals surface area contributed by atoms with Crippen molar-refractivity contribution < 1.29 is 9.59 Å². The van der Waals surface area contributed by atoms with Crippen molar-refractivity contribution in [1.29, 1.82) is 0 Å². The number of benzene rings is 2. The third-order valence-corrected chi connectivity index (χ3v) is 4.57. The second-order valence-corrected chi connectivity index (χ2v) is 7.31. The number of hydrogen-bond acceptors (Lipinski definition) is 3. The first-order valence-corrected chi connectivity index (χ1v) is 9.81. The second kappa shape index (κ2) is 9.39. The summed E-state index contributed by atoms with van der Waals surface area (Å²) in [7, 11) is 0. The molecule has 0 unspecified atom stereocenters. The quantitative estimate of drug-likeness (QED) is 0.583. The molecule has 0 bridgehead atoms. The fourth-order valence-corrected chi connectivity index (χ4v) is 2.85. The van der Waals surface area contributed by atoms with E-state index in [0.717, 1.165) is 11.3 Å². The highest BCUT2D eigenvalue weighted by Gasteiger charge is 2.17. The molecular weight excluding hydrogens is 388 g/mol. The largest absolute Gasteiger partial charge is 0.354 e. The van der Waals surface area contributed by atoms with Gasteiger partial charge in [-0.2, -0.15) is 5.10 Å². The molecule has 0 aliphatic heterocycles. The molecule has 29 heavy (non-hydrogen) atoms. The summed E-state index contributed by atoms with van der Waals surface area (Å²) in [6.45, 7) is 4.34. The van der Waals surface area contributed by atoms with E-state index in [4.69, 9.17) is 11.6 Å². The number of carbonyl (C=O) groups is 2. The van der Waals surface area contributed by atoms with Crippen molar-refractivity contribution >= 4 is 23.4 Å². The van der Waals surface area contributed by atoms with E-state index in [1.165, 1.54) is 0 Å². The van der Waals surface area contributed by atoms with Gasteiger partial charge in [-0.3, -0.25) is 9.59 Å². The van der Waals surface area contributed by atoms with Crippen LogP contribution in [0.25, 0.3) is 16.9 Å². The lowest BCUT2D eigenvalue weighted by atomic mass is 10.1. The fourth-order valence-electron chi connectivity index (χ4n) is 2.73. The van der Waals surface area contributed by atoms with E-state index >= 15 is 0 Å². The Balaban J connectivity index is 1.81. The van der Waals surface area contributed by atoms with E-state index in [9.17, 15) is 9.59 Å². The SMILES string of the molecule is CC(C)C(=O)NCCNC(=O)c1cc(-c2ccc(Cl)cc2)nn1-c1ccccc1. The van der Waals surface area contributed by atoms with Crippen molar-refractivity contribution in [3.8, 4) is 16.9 Å². The highest BCUT2D eigenvalue weighted by molar-refractivity contribution is 6.30. The molecule has 0 atom stereocenters. The smallest absolute Gasteiger partial charge is 0.270 e. The normalized spacial score (nSPS) is 10.8. The minimum absolute atomic E-state index is 0.0430. The van der Waals surface area contributed by atoms with Crippen molar-refractivity contribution in [2.45, 2.75) is 13.8 Å². The summed E-state index contributed by atoms with van der Waals surface area (Å²) in [5.41, 5.74) is 2.73. The number of amides is 2. The van der Waals surface area contributed by atoms with Crippen LogP contribution in [0, 0.1) is 5.92 Å². The van der Waals surface area contributed by atoms with Gasteiger partial charge >= 0.3 is 0 Å². The van der Waals surface area contributed by atoms with Gasteiger partial charge in [0.15, 0.2) is 0 Å². The number of carbonyl (C=O) groups excluding carboxylic acids is 2. The number of hydrogen-bond donors (Lipinski definition) is 2. The Labute approximate surface area is 174 Å². The molecule has 0 aliphatic carbocycles. The number of aromatic nitrogens is 2. The van der Waals surface area contributed by atoms with Crippen molar-refractivity contribution in [3.05, 3.63) is 71.4 Å². The van der Waals surface area contributed by atoms with Crippen LogP contribution in [0.2, 0.25) is 5.02 Å². The molecule has 7 heteroatoms. The Morgan fingerprint density at radius 1 is 1.00 bits per heavy atom. The van der Waals surface area contributed by atoms with E-state index in [0.29, 0.717) is 29.5 Å². The van der Waals surface area contributed by atoms with Crippen LogP contribution in [0.15, 0.2) is 60.7 Å². The number of nitrogens with zero attached hydrogens (tertiary/aromatic N) is 2.